The first kappa shape index (κ1) is 11.8. The highest BCUT2D eigenvalue weighted by molar-refractivity contribution is 5.70. The number of carbonyl (C=O) groups is 1. The molecule has 1 aromatic rings. The van der Waals surface area contributed by atoms with Gasteiger partial charge in [-0.3, -0.25) is 0 Å². The first-order chi connectivity index (χ1) is 8.24. The zero-order valence-corrected chi connectivity index (χ0v) is 9.44. The molecule has 0 aliphatic carbocycles. The van der Waals surface area contributed by atoms with Crippen molar-refractivity contribution in [3.63, 3.8) is 0 Å². The summed E-state index contributed by atoms with van der Waals surface area (Å²) in [6.45, 7) is 1.99. The van der Waals surface area contributed by atoms with E-state index in [1.54, 1.807) is 25.3 Å². The molecule has 0 saturated heterocycles. The average molecular weight is 238 g/mol. The number of rotatable bonds is 3. The van der Waals surface area contributed by atoms with E-state index < -0.39 is 6.09 Å². The average Bonchev–Trinajstić information content (AvgIpc) is 2.98. The normalized spacial score (nSPS) is 22.9. The summed E-state index contributed by atoms with van der Waals surface area (Å²) in [6.07, 6.45) is 5.44. The third-order valence-corrected chi connectivity index (χ3v) is 2.37. The molecule has 0 fully saturated rings. The lowest BCUT2D eigenvalue weighted by Crippen LogP contribution is -2.12. The van der Waals surface area contributed by atoms with Crippen LogP contribution in [0, 0.1) is 0 Å². The number of hydrogen-bond acceptors (Lipinski definition) is 5. The quantitative estimate of drug-likeness (QED) is 0.791. The van der Waals surface area contributed by atoms with Crippen LogP contribution >= 0.6 is 0 Å². The van der Waals surface area contributed by atoms with Gasteiger partial charge in [0.2, 0.25) is 0 Å². The van der Waals surface area contributed by atoms with E-state index in [4.69, 9.17) is 14.6 Å². The van der Waals surface area contributed by atoms with Gasteiger partial charge in [0.05, 0.1) is 18.9 Å². The van der Waals surface area contributed by atoms with Gasteiger partial charge in [0, 0.05) is 6.20 Å². The summed E-state index contributed by atoms with van der Waals surface area (Å²) in [5.41, 5.74) is 0.616. The molecule has 6 nitrogen and oxygen atoms in total. The molecule has 1 aliphatic rings. The van der Waals surface area contributed by atoms with Crippen molar-refractivity contribution in [2.75, 3.05) is 13.2 Å². The third kappa shape index (κ3) is 2.54. The summed E-state index contributed by atoms with van der Waals surface area (Å²) in [5.74, 6) is 0. The Morgan fingerprint density at radius 3 is 3.12 bits per heavy atom. The van der Waals surface area contributed by atoms with Crippen LogP contribution in [-0.2, 0) is 9.47 Å². The van der Waals surface area contributed by atoms with E-state index in [2.05, 4.69) is 4.98 Å². The molecule has 2 heterocycles. The van der Waals surface area contributed by atoms with Crippen molar-refractivity contribution in [1.29, 1.82) is 0 Å². The Hall–Kier alpha value is -1.66. The highest BCUT2D eigenvalue weighted by Crippen LogP contribution is 2.24. The fourth-order valence-electron chi connectivity index (χ4n) is 1.56. The molecule has 0 saturated carbocycles. The van der Waals surface area contributed by atoms with Gasteiger partial charge in [0.1, 0.15) is 18.5 Å². The van der Waals surface area contributed by atoms with Crippen LogP contribution in [0.5, 0.6) is 0 Å². The van der Waals surface area contributed by atoms with Gasteiger partial charge < -0.3 is 14.6 Å². The molecular weight excluding hydrogens is 224 g/mol. The van der Waals surface area contributed by atoms with Crippen LogP contribution in [0.25, 0.3) is 0 Å². The van der Waals surface area contributed by atoms with E-state index in [-0.39, 0.29) is 18.8 Å². The molecule has 1 aliphatic heterocycles. The Kier molecular flexibility index (Phi) is 3.55. The van der Waals surface area contributed by atoms with E-state index in [0.29, 0.717) is 12.3 Å². The van der Waals surface area contributed by atoms with Crippen molar-refractivity contribution >= 4 is 6.09 Å². The molecule has 0 aromatic carbocycles. The second-order valence-corrected chi connectivity index (χ2v) is 3.57. The first-order valence-corrected chi connectivity index (χ1v) is 5.40. The topological polar surface area (TPSA) is 73.6 Å². The molecule has 1 aromatic heterocycles. The standard InChI is InChI=1S/C11H14N2O4/c1-2-16-11(15)13-5-9(12-7-13)10-4-3-8(6-14)17-10/h3-5,7-8,10,14H,2,6H2,1H3/t8-,10+/m1/s1. The lowest BCUT2D eigenvalue weighted by Gasteiger charge is -2.09. The first-order valence-electron chi connectivity index (χ1n) is 5.40. The number of aliphatic hydroxyl groups excluding tert-OH is 1. The molecule has 0 radical (unpaired) electrons. The Morgan fingerprint density at radius 2 is 2.47 bits per heavy atom. The minimum absolute atomic E-state index is 0.0639. The fraction of sp³-hybridized carbons (Fsp3) is 0.455. The van der Waals surface area contributed by atoms with Gasteiger partial charge in [0.15, 0.2) is 0 Å². The van der Waals surface area contributed by atoms with Crippen LogP contribution in [-0.4, -0.2) is 40.1 Å². The van der Waals surface area contributed by atoms with Gasteiger partial charge >= 0.3 is 6.09 Å². The van der Waals surface area contributed by atoms with E-state index in [0.717, 1.165) is 0 Å². The smallest absolute Gasteiger partial charge is 0.419 e. The molecule has 0 bridgehead atoms. The van der Waals surface area contributed by atoms with Crippen molar-refractivity contribution < 1.29 is 19.4 Å². The number of aliphatic hydroxyl groups is 1. The van der Waals surface area contributed by atoms with Gasteiger partial charge in [-0.05, 0) is 6.92 Å². The summed E-state index contributed by atoms with van der Waals surface area (Å²) < 4.78 is 11.6. The van der Waals surface area contributed by atoms with Crippen molar-refractivity contribution in [2.45, 2.75) is 19.1 Å². The highest BCUT2D eigenvalue weighted by atomic mass is 16.5. The maximum atomic E-state index is 11.4. The third-order valence-electron chi connectivity index (χ3n) is 2.37. The molecule has 2 atom stereocenters. The minimum atomic E-state index is -0.466. The van der Waals surface area contributed by atoms with Gasteiger partial charge in [-0.1, -0.05) is 12.2 Å². The molecule has 0 amide bonds. The fourth-order valence-corrected chi connectivity index (χ4v) is 1.56. The molecule has 2 rings (SSSR count). The monoisotopic (exact) mass is 238 g/mol. The van der Waals surface area contributed by atoms with Gasteiger partial charge in [-0.15, -0.1) is 0 Å². The van der Waals surface area contributed by atoms with Crippen LogP contribution in [0.2, 0.25) is 0 Å². The van der Waals surface area contributed by atoms with Gasteiger partial charge in [0.25, 0.3) is 0 Å². The Labute approximate surface area is 98.5 Å². The van der Waals surface area contributed by atoms with Gasteiger partial charge in [-0.2, -0.15) is 0 Å². The van der Waals surface area contributed by atoms with Crippen molar-refractivity contribution in [1.82, 2.24) is 9.55 Å². The molecule has 6 heteroatoms. The summed E-state index contributed by atoms with van der Waals surface area (Å²) >= 11 is 0. The second-order valence-electron chi connectivity index (χ2n) is 3.57. The van der Waals surface area contributed by atoms with Crippen molar-refractivity contribution in [2.24, 2.45) is 0 Å². The summed E-state index contributed by atoms with van der Waals surface area (Å²) in [6, 6.07) is 0. The Morgan fingerprint density at radius 1 is 1.65 bits per heavy atom. The number of aromatic nitrogens is 2. The Balaban J connectivity index is 2.04. The second kappa shape index (κ2) is 5.11. The number of imidazole rings is 1. The van der Waals surface area contributed by atoms with Crippen LogP contribution in [0.3, 0.4) is 0 Å². The lowest BCUT2D eigenvalue weighted by atomic mass is 10.3. The summed E-state index contributed by atoms with van der Waals surface area (Å²) in [7, 11) is 0. The Bertz CT molecular complexity index is 427. The zero-order valence-electron chi connectivity index (χ0n) is 9.44. The van der Waals surface area contributed by atoms with E-state index in [1.807, 2.05) is 0 Å². The van der Waals surface area contributed by atoms with Crippen LogP contribution in [0.15, 0.2) is 24.7 Å². The SMILES string of the molecule is CCOC(=O)n1cnc([C@@H]2C=C[C@H](CO)O2)c1. The summed E-state index contributed by atoms with van der Waals surface area (Å²) in [5, 5.41) is 8.92. The van der Waals surface area contributed by atoms with E-state index in [1.165, 1.54) is 10.9 Å². The van der Waals surface area contributed by atoms with Crippen LogP contribution in [0.1, 0.15) is 18.7 Å². The van der Waals surface area contributed by atoms with Crippen LogP contribution in [0.4, 0.5) is 4.79 Å². The number of hydrogen-bond donors (Lipinski definition) is 1. The highest BCUT2D eigenvalue weighted by Gasteiger charge is 2.22. The largest absolute Gasteiger partial charge is 0.449 e. The number of ether oxygens (including phenoxy) is 2. The summed E-state index contributed by atoms with van der Waals surface area (Å²) in [4.78, 5) is 15.5. The molecular formula is C11H14N2O4. The molecule has 0 unspecified atom stereocenters. The van der Waals surface area contributed by atoms with Crippen LogP contribution < -0.4 is 0 Å². The number of nitrogens with zero attached hydrogens (tertiary/aromatic N) is 2. The molecule has 0 spiro atoms. The maximum Gasteiger partial charge on any atom is 0.419 e. The molecule has 17 heavy (non-hydrogen) atoms. The van der Waals surface area contributed by atoms with E-state index >= 15 is 0 Å². The predicted octanol–water partition coefficient (Wildman–Crippen LogP) is 0.876. The maximum absolute atomic E-state index is 11.4. The number of carbonyl (C=O) groups excluding carboxylic acids is 1. The zero-order chi connectivity index (χ0) is 12.3. The van der Waals surface area contributed by atoms with Crippen molar-refractivity contribution in [3.05, 3.63) is 30.4 Å². The molecule has 1 N–H and O–H groups in total. The lowest BCUT2D eigenvalue weighted by molar-refractivity contribution is 0.0235. The minimum Gasteiger partial charge on any atom is -0.449 e. The van der Waals surface area contributed by atoms with E-state index in [9.17, 15) is 4.79 Å². The van der Waals surface area contributed by atoms with Crippen molar-refractivity contribution in [3.8, 4) is 0 Å². The predicted molar refractivity (Wildman–Crippen MR) is 58.5 cm³/mol. The van der Waals surface area contributed by atoms with Gasteiger partial charge in [-0.25, -0.2) is 14.3 Å². The molecule has 92 valence electrons.